The average molecular weight is 551 g/mol. The number of benzene rings is 1. The second kappa shape index (κ2) is 19.7. The van der Waals surface area contributed by atoms with Gasteiger partial charge in [0.25, 0.3) is 10.1 Å². The van der Waals surface area contributed by atoms with Gasteiger partial charge in [-0.15, -0.1) is 0 Å². The molecule has 10 heteroatoms. The maximum absolute atomic E-state index is 11.1. The number of aryl methyl sites for hydroxylation is 1. The van der Waals surface area contributed by atoms with Crippen molar-refractivity contribution in [3.63, 3.8) is 0 Å². The molecule has 0 atom stereocenters. The van der Waals surface area contributed by atoms with Gasteiger partial charge in [0.1, 0.15) is 0 Å². The highest BCUT2D eigenvalue weighted by atomic mass is 35.5. The van der Waals surface area contributed by atoms with Gasteiger partial charge < -0.3 is 43.6 Å². The van der Waals surface area contributed by atoms with Gasteiger partial charge in [-0.05, 0) is 66.8 Å². The minimum absolute atomic E-state index is 0. The molecular formula is C24H54Cl2N4O3S. The molecule has 0 amide bonds. The van der Waals surface area contributed by atoms with E-state index in [0.29, 0.717) is 0 Å². The van der Waals surface area contributed by atoms with Crippen LogP contribution in [0.4, 0.5) is 0 Å². The molecule has 0 saturated carbocycles. The lowest BCUT2D eigenvalue weighted by Gasteiger charge is -2.28. The zero-order chi connectivity index (χ0) is 25.6. The quantitative estimate of drug-likeness (QED) is 0.228. The van der Waals surface area contributed by atoms with E-state index in [-0.39, 0.29) is 31.1 Å². The van der Waals surface area contributed by atoms with Crippen molar-refractivity contribution in [1.82, 2.24) is 9.80 Å². The second-order valence-corrected chi connectivity index (χ2v) is 12.5. The molecule has 0 heterocycles. The van der Waals surface area contributed by atoms with Crippen LogP contribution >= 0.6 is 0 Å². The molecule has 0 saturated heterocycles. The van der Waals surface area contributed by atoms with Crippen molar-refractivity contribution in [2.75, 3.05) is 104 Å². The summed E-state index contributed by atoms with van der Waals surface area (Å²) in [5.74, 6) is 0. The fraction of sp³-hybridized carbons (Fsp3) is 0.750. The van der Waals surface area contributed by atoms with Crippen LogP contribution < -0.4 is 24.8 Å². The third kappa shape index (κ3) is 27.8. The molecule has 0 spiro atoms. The van der Waals surface area contributed by atoms with Crippen LogP contribution in [0.3, 0.4) is 0 Å². The van der Waals surface area contributed by atoms with Gasteiger partial charge in [0.15, 0.2) is 0 Å². The first-order valence-corrected chi connectivity index (χ1v) is 12.6. The molecule has 34 heavy (non-hydrogen) atoms. The van der Waals surface area contributed by atoms with Crippen LogP contribution in [0, 0.1) is 6.92 Å². The third-order valence-electron chi connectivity index (χ3n) is 4.40. The van der Waals surface area contributed by atoms with Crippen LogP contribution in [0.15, 0.2) is 29.2 Å². The molecule has 1 aromatic carbocycles. The van der Waals surface area contributed by atoms with E-state index >= 15 is 0 Å². The van der Waals surface area contributed by atoms with E-state index < -0.39 is 10.1 Å². The van der Waals surface area contributed by atoms with Gasteiger partial charge in [0, 0.05) is 7.85 Å². The van der Waals surface area contributed by atoms with Crippen LogP contribution in [0.2, 0.25) is 0 Å². The van der Waals surface area contributed by atoms with Crippen molar-refractivity contribution in [2.45, 2.75) is 24.7 Å². The number of hydrogen-bond donors (Lipinski definition) is 0. The summed E-state index contributed by atoms with van der Waals surface area (Å²) in [6.07, 6.45) is 2.58. The summed E-state index contributed by atoms with van der Waals surface area (Å²) in [7, 11) is 19.5. The summed E-state index contributed by atoms with van der Waals surface area (Å²) in [6.45, 7) is 6.82. The molecule has 0 radical (unpaired) electrons. The minimum atomic E-state index is -3.51. The van der Waals surface area contributed by atoms with E-state index in [2.05, 4.69) is 84.5 Å². The van der Waals surface area contributed by atoms with Crippen LogP contribution in [0.5, 0.6) is 0 Å². The molecule has 0 N–H and O–H groups in total. The highest BCUT2D eigenvalue weighted by molar-refractivity contribution is 7.86. The summed E-state index contributed by atoms with van der Waals surface area (Å²) in [4.78, 5) is 4.61. The maximum Gasteiger partial charge on any atom is 0.296 e. The predicted octanol–water partition coefficient (Wildman–Crippen LogP) is -3.13. The summed E-state index contributed by atoms with van der Waals surface area (Å²) in [5, 5.41) is 0. The Hall–Kier alpha value is -0.450. The Morgan fingerprint density at radius 3 is 1.38 bits per heavy atom. The highest BCUT2D eigenvalue weighted by Gasteiger charge is 2.12. The number of nitrogens with zero attached hydrogens (tertiary/aromatic N) is 4. The normalized spacial score (nSPS) is 11.5. The van der Waals surface area contributed by atoms with Gasteiger partial charge in [-0.3, -0.25) is 4.18 Å². The van der Waals surface area contributed by atoms with E-state index in [9.17, 15) is 8.42 Å². The molecular weight excluding hydrogens is 495 g/mol. The molecule has 0 aliphatic rings. The predicted molar refractivity (Wildman–Crippen MR) is 140 cm³/mol. The average Bonchev–Trinajstić information content (AvgIpc) is 2.60. The molecule has 7 nitrogen and oxygen atoms in total. The molecule has 0 bridgehead atoms. The molecule has 0 aliphatic heterocycles. The zero-order valence-corrected chi connectivity index (χ0v) is 26.1. The first-order valence-electron chi connectivity index (χ1n) is 11.2. The largest absolute Gasteiger partial charge is 1.00 e. The van der Waals surface area contributed by atoms with Crippen molar-refractivity contribution >= 4 is 10.1 Å². The van der Waals surface area contributed by atoms with Crippen LogP contribution in [-0.4, -0.2) is 131 Å². The van der Waals surface area contributed by atoms with Crippen molar-refractivity contribution in [3.05, 3.63) is 29.8 Å². The van der Waals surface area contributed by atoms with Gasteiger partial charge in [-0.2, -0.15) is 8.42 Å². The van der Waals surface area contributed by atoms with Crippen molar-refractivity contribution in [1.29, 1.82) is 0 Å². The standard InChI is InChI=1S/C9H24N2.C8H10O3S.C7H18N2.2ClH.H2/c1-10(2,3)8-7-9-11(4,5)6;1-7-3-5-8(6-4-7)12(9,10)11-2;1-8(2)6-5-7-9(3)4;;;/h7-9H2,1-6H3;3-6H,1-2H3;5-7H2,1-4H3;3*1H/q+2;;;;;/p-2/i;;;;;1+1. The molecule has 0 aromatic heterocycles. The van der Waals surface area contributed by atoms with E-state index in [1.54, 1.807) is 12.1 Å². The fourth-order valence-corrected chi connectivity index (χ4v) is 3.19. The van der Waals surface area contributed by atoms with Gasteiger partial charge in [-0.25, -0.2) is 0 Å². The Morgan fingerprint density at radius 2 is 1.12 bits per heavy atom. The van der Waals surface area contributed by atoms with Crippen LogP contribution in [0.25, 0.3) is 0 Å². The van der Waals surface area contributed by atoms with Crippen LogP contribution in [0.1, 0.15) is 19.8 Å². The van der Waals surface area contributed by atoms with Gasteiger partial charge >= 0.3 is 0 Å². The lowest BCUT2D eigenvalue weighted by Crippen LogP contribution is -3.00. The molecule has 1 rings (SSSR count). The lowest BCUT2D eigenvalue weighted by atomic mass is 10.2. The minimum Gasteiger partial charge on any atom is -1.00 e. The van der Waals surface area contributed by atoms with Crippen LogP contribution in [-0.2, 0) is 14.3 Å². The van der Waals surface area contributed by atoms with E-state index in [1.165, 1.54) is 51.2 Å². The maximum atomic E-state index is 11.1. The monoisotopic (exact) mass is 549 g/mol. The Morgan fingerprint density at radius 1 is 0.765 bits per heavy atom. The number of quaternary nitrogens is 2. The molecule has 0 fully saturated rings. The number of hydrogen-bond acceptors (Lipinski definition) is 5. The molecule has 208 valence electrons. The summed E-state index contributed by atoms with van der Waals surface area (Å²) in [6, 6.07) is 6.50. The Labute approximate surface area is 225 Å². The van der Waals surface area contributed by atoms with Gasteiger partial charge in [0.05, 0.1) is 67.4 Å². The smallest absolute Gasteiger partial charge is 0.296 e. The number of halogens is 2. The summed E-state index contributed by atoms with van der Waals surface area (Å²) < 4.78 is 28.7. The van der Waals surface area contributed by atoms with Crippen molar-refractivity contribution < 1.29 is 47.8 Å². The van der Waals surface area contributed by atoms with E-state index in [1.807, 2.05) is 6.92 Å². The first kappa shape index (κ1) is 40.7. The molecule has 0 aliphatic carbocycles. The van der Waals surface area contributed by atoms with Gasteiger partial charge in [0.2, 0.25) is 0 Å². The lowest BCUT2D eigenvalue weighted by molar-refractivity contribution is -0.890. The third-order valence-corrected chi connectivity index (χ3v) is 5.69. The Kier molecular flexibility index (Phi) is 23.6. The number of rotatable bonds is 10. The molecule has 0 unspecified atom stereocenters. The van der Waals surface area contributed by atoms with Crippen molar-refractivity contribution in [3.8, 4) is 0 Å². The Balaban J connectivity index is -0.000000125. The summed E-state index contributed by atoms with van der Waals surface area (Å²) >= 11 is 0. The molecule has 1 aromatic rings. The zero-order valence-electron chi connectivity index (χ0n) is 23.7. The SMILES string of the molecule is CN(C)CCCN(C)C.COS(=O)(=O)c1ccc(C)cc1.C[N+](C)(C)CCC[N+](C)(C)C.[2HH].[Cl-].[Cl-]. The topological polar surface area (TPSA) is 49.9 Å². The fourth-order valence-electron chi connectivity index (χ4n) is 2.52. The highest BCUT2D eigenvalue weighted by Crippen LogP contribution is 2.11. The van der Waals surface area contributed by atoms with Gasteiger partial charge in [-0.1, -0.05) is 17.7 Å². The first-order chi connectivity index (χ1) is 14.4. The van der Waals surface area contributed by atoms with Crippen molar-refractivity contribution in [2.24, 2.45) is 0 Å². The Bertz CT molecular complexity index is 685. The summed E-state index contributed by atoms with van der Waals surface area (Å²) in [5.41, 5.74) is 1.02. The van der Waals surface area contributed by atoms with E-state index in [4.69, 9.17) is 0 Å². The van der Waals surface area contributed by atoms with E-state index in [0.717, 1.165) is 21.6 Å². The second-order valence-electron chi connectivity index (χ2n) is 10.8.